The van der Waals surface area contributed by atoms with Gasteiger partial charge in [0.2, 0.25) is 0 Å². The van der Waals surface area contributed by atoms with Crippen molar-refractivity contribution in [1.29, 1.82) is 0 Å². The van der Waals surface area contributed by atoms with Crippen molar-refractivity contribution in [2.75, 3.05) is 0 Å². The molecule has 0 radical (unpaired) electrons. The highest BCUT2D eigenvalue weighted by Gasteiger charge is 2.33. The van der Waals surface area contributed by atoms with Crippen molar-refractivity contribution in [2.45, 2.75) is 6.18 Å². The second kappa shape index (κ2) is 5.95. The van der Waals surface area contributed by atoms with Crippen LogP contribution < -0.4 is 0 Å². The average Bonchev–Trinajstić information content (AvgIpc) is 2.36. The topological polar surface area (TPSA) is 50.2 Å². The van der Waals surface area contributed by atoms with Gasteiger partial charge in [-0.25, -0.2) is 4.79 Å². The SMILES string of the molecule is O=C(O)c1cc(C(F)(F)F)cnc1-c1c(Cl)cc(Cl)cc1Cl. The predicted molar refractivity (Wildman–Crippen MR) is 76.7 cm³/mol. The highest BCUT2D eigenvalue weighted by molar-refractivity contribution is 6.41. The van der Waals surface area contributed by atoms with Gasteiger partial charge in [0.05, 0.1) is 26.9 Å². The summed E-state index contributed by atoms with van der Waals surface area (Å²) in [5.74, 6) is -1.59. The summed E-state index contributed by atoms with van der Waals surface area (Å²) in [5, 5.41) is 9.29. The number of alkyl halides is 3. The van der Waals surface area contributed by atoms with Crippen molar-refractivity contribution in [3.05, 3.63) is 50.6 Å². The van der Waals surface area contributed by atoms with E-state index in [4.69, 9.17) is 39.9 Å². The molecule has 2 aromatic rings. The van der Waals surface area contributed by atoms with Crippen LogP contribution in [-0.2, 0) is 6.18 Å². The number of nitrogens with zero attached hydrogens (tertiary/aromatic N) is 1. The minimum Gasteiger partial charge on any atom is -0.478 e. The van der Waals surface area contributed by atoms with Crippen LogP contribution in [0.3, 0.4) is 0 Å². The van der Waals surface area contributed by atoms with Crippen LogP contribution in [0.4, 0.5) is 13.2 Å². The Morgan fingerprint density at radius 1 is 1.09 bits per heavy atom. The Hall–Kier alpha value is -1.50. The van der Waals surface area contributed by atoms with Gasteiger partial charge in [0.1, 0.15) is 0 Å². The average molecular weight is 371 g/mol. The van der Waals surface area contributed by atoms with Gasteiger partial charge in [-0.1, -0.05) is 34.8 Å². The zero-order valence-corrected chi connectivity index (χ0v) is 12.6. The molecule has 0 fully saturated rings. The van der Waals surface area contributed by atoms with E-state index in [0.29, 0.717) is 12.3 Å². The fraction of sp³-hybridized carbons (Fsp3) is 0.0769. The summed E-state index contributed by atoms with van der Waals surface area (Å²) < 4.78 is 38.0. The quantitative estimate of drug-likeness (QED) is 0.767. The summed E-state index contributed by atoms with van der Waals surface area (Å²) in [4.78, 5) is 14.8. The summed E-state index contributed by atoms with van der Waals surface area (Å²) in [6, 6.07) is 3.05. The maximum absolute atomic E-state index is 12.7. The fourth-order valence-electron chi connectivity index (χ4n) is 1.75. The van der Waals surface area contributed by atoms with Crippen molar-refractivity contribution in [3.8, 4) is 11.3 Å². The molecule has 0 saturated carbocycles. The number of carboxylic acids is 1. The number of rotatable bonds is 2. The molecule has 0 aliphatic heterocycles. The van der Waals surface area contributed by atoms with Crippen LogP contribution in [-0.4, -0.2) is 16.1 Å². The molecule has 9 heteroatoms. The van der Waals surface area contributed by atoms with E-state index in [-0.39, 0.29) is 26.3 Å². The number of aromatic nitrogens is 1. The van der Waals surface area contributed by atoms with Gasteiger partial charge in [-0.2, -0.15) is 13.2 Å². The van der Waals surface area contributed by atoms with Gasteiger partial charge in [0, 0.05) is 16.8 Å². The van der Waals surface area contributed by atoms with Crippen molar-refractivity contribution in [2.24, 2.45) is 0 Å². The van der Waals surface area contributed by atoms with Crippen molar-refractivity contribution in [1.82, 2.24) is 4.98 Å². The summed E-state index contributed by atoms with van der Waals surface area (Å²) in [6.45, 7) is 0. The lowest BCUT2D eigenvalue weighted by molar-refractivity contribution is -0.137. The second-order valence-corrected chi connectivity index (χ2v) is 5.42. The predicted octanol–water partition coefficient (Wildman–Crippen LogP) is 5.43. The molecule has 0 unspecified atom stereocenters. The number of hydrogen-bond acceptors (Lipinski definition) is 2. The Morgan fingerprint density at radius 3 is 2.09 bits per heavy atom. The molecule has 1 N–H and O–H groups in total. The first kappa shape index (κ1) is 16.9. The van der Waals surface area contributed by atoms with Gasteiger partial charge >= 0.3 is 12.1 Å². The minimum absolute atomic E-state index is 0.00106. The van der Waals surface area contributed by atoms with Crippen molar-refractivity contribution >= 4 is 40.8 Å². The second-order valence-electron chi connectivity index (χ2n) is 4.17. The number of halogens is 6. The van der Waals surface area contributed by atoms with Gasteiger partial charge in [0.15, 0.2) is 0 Å². The maximum Gasteiger partial charge on any atom is 0.417 e. The van der Waals surface area contributed by atoms with E-state index in [2.05, 4.69) is 4.98 Å². The third-order valence-corrected chi connectivity index (χ3v) is 3.50. The van der Waals surface area contributed by atoms with E-state index in [1.807, 2.05) is 0 Å². The smallest absolute Gasteiger partial charge is 0.417 e. The summed E-state index contributed by atoms with van der Waals surface area (Å²) in [7, 11) is 0. The van der Waals surface area contributed by atoms with E-state index in [9.17, 15) is 18.0 Å². The molecule has 1 heterocycles. The molecule has 1 aromatic carbocycles. The van der Waals surface area contributed by atoms with Crippen LogP contribution in [0.2, 0.25) is 15.1 Å². The van der Waals surface area contributed by atoms with E-state index in [1.165, 1.54) is 12.1 Å². The lowest BCUT2D eigenvalue weighted by atomic mass is 10.0. The highest BCUT2D eigenvalue weighted by Crippen LogP contribution is 2.39. The summed E-state index contributed by atoms with van der Waals surface area (Å²) in [5.41, 5.74) is -2.12. The Kier molecular flexibility index (Phi) is 4.56. The number of aromatic carboxylic acids is 1. The molecule has 0 atom stereocenters. The zero-order valence-electron chi connectivity index (χ0n) is 10.4. The molecule has 0 aliphatic rings. The van der Waals surface area contributed by atoms with Gasteiger partial charge in [-0.15, -0.1) is 0 Å². The van der Waals surface area contributed by atoms with Gasteiger partial charge in [0.25, 0.3) is 0 Å². The standard InChI is InChI=1S/C13H5Cl3F3NO2/c14-6-2-8(15)10(9(16)3-6)11-7(12(21)22)1-5(4-20-11)13(17,18)19/h1-4H,(H,21,22). The molecule has 2 rings (SSSR count). The van der Waals surface area contributed by atoms with Crippen molar-refractivity contribution < 1.29 is 23.1 Å². The zero-order chi connectivity index (χ0) is 16.7. The first-order valence-electron chi connectivity index (χ1n) is 5.56. The van der Waals surface area contributed by atoms with Crippen LogP contribution in [0.5, 0.6) is 0 Å². The van der Waals surface area contributed by atoms with Crippen LogP contribution in [0.25, 0.3) is 11.3 Å². The molecule has 0 spiro atoms. The lowest BCUT2D eigenvalue weighted by Crippen LogP contribution is -2.10. The third-order valence-electron chi connectivity index (χ3n) is 2.69. The van der Waals surface area contributed by atoms with Crippen molar-refractivity contribution in [3.63, 3.8) is 0 Å². The Bertz CT molecular complexity index is 740. The first-order valence-corrected chi connectivity index (χ1v) is 6.70. The Balaban J connectivity index is 2.74. The molecule has 0 bridgehead atoms. The number of carboxylic acid groups (broad SMARTS) is 1. The lowest BCUT2D eigenvalue weighted by Gasteiger charge is -2.13. The van der Waals surface area contributed by atoms with Crippen LogP contribution in [0.1, 0.15) is 15.9 Å². The Labute approximate surface area is 137 Å². The van der Waals surface area contributed by atoms with Crippen LogP contribution in [0.15, 0.2) is 24.4 Å². The van der Waals surface area contributed by atoms with E-state index < -0.39 is 23.3 Å². The van der Waals surface area contributed by atoms with E-state index in [0.717, 1.165) is 0 Å². The number of pyridine rings is 1. The molecule has 0 saturated heterocycles. The third kappa shape index (κ3) is 3.29. The fourth-order valence-corrected chi connectivity index (χ4v) is 2.75. The molecule has 3 nitrogen and oxygen atoms in total. The molecular formula is C13H5Cl3F3NO2. The molecule has 1 aromatic heterocycles. The summed E-state index contributed by atoms with van der Waals surface area (Å²) in [6.07, 6.45) is -4.20. The first-order chi connectivity index (χ1) is 10.1. The van der Waals surface area contributed by atoms with E-state index in [1.54, 1.807) is 0 Å². The van der Waals surface area contributed by atoms with Gasteiger partial charge in [-0.3, -0.25) is 4.98 Å². The molecule has 0 amide bonds. The molecule has 116 valence electrons. The van der Waals surface area contributed by atoms with Crippen LogP contribution >= 0.6 is 34.8 Å². The van der Waals surface area contributed by atoms with Gasteiger partial charge < -0.3 is 5.11 Å². The summed E-state index contributed by atoms with van der Waals surface area (Å²) >= 11 is 17.6. The Morgan fingerprint density at radius 2 is 1.64 bits per heavy atom. The van der Waals surface area contributed by atoms with Gasteiger partial charge in [-0.05, 0) is 18.2 Å². The minimum atomic E-state index is -4.72. The van der Waals surface area contributed by atoms with E-state index >= 15 is 0 Å². The number of hydrogen-bond donors (Lipinski definition) is 1. The highest BCUT2D eigenvalue weighted by atomic mass is 35.5. The molecular weight excluding hydrogens is 366 g/mol. The largest absolute Gasteiger partial charge is 0.478 e. The molecule has 0 aliphatic carbocycles. The monoisotopic (exact) mass is 369 g/mol. The molecule has 22 heavy (non-hydrogen) atoms. The normalized spacial score (nSPS) is 11.5. The maximum atomic E-state index is 12.7. The van der Waals surface area contributed by atoms with Crippen LogP contribution in [0, 0.1) is 0 Å². The number of carbonyl (C=O) groups is 1. The number of benzene rings is 1.